The van der Waals surface area contributed by atoms with Crippen molar-refractivity contribution < 1.29 is 13.9 Å². The zero-order valence-corrected chi connectivity index (χ0v) is 13.3. The minimum absolute atomic E-state index is 0.00969. The molecule has 1 aromatic heterocycles. The Bertz CT molecular complexity index is 531. The molecule has 1 aliphatic rings. The molecule has 0 aliphatic carbocycles. The van der Waals surface area contributed by atoms with Gasteiger partial charge in [0.15, 0.2) is 0 Å². The van der Waals surface area contributed by atoms with Gasteiger partial charge in [0.2, 0.25) is 17.7 Å². The molecule has 0 N–H and O–H groups in total. The van der Waals surface area contributed by atoms with E-state index < -0.39 is 0 Å². The van der Waals surface area contributed by atoms with Crippen molar-refractivity contribution in [3.8, 4) is 0 Å². The van der Waals surface area contributed by atoms with E-state index in [1.165, 1.54) is 0 Å². The first kappa shape index (κ1) is 15.7. The number of hydrogen-bond acceptors (Lipinski definition) is 5. The number of nitrogens with zero attached hydrogens (tertiary/aromatic N) is 3. The third-order valence-corrected chi connectivity index (χ3v) is 3.47. The van der Waals surface area contributed by atoms with Gasteiger partial charge >= 0.3 is 0 Å². The molecule has 0 bridgehead atoms. The SMILES string of the molecule is CO[C@H]1C[C@H](c2nnc(/C=C/C(C)(C)C)o2)N(C(C)=O)C1. The molecule has 2 atom stereocenters. The largest absolute Gasteiger partial charge is 0.419 e. The lowest BCUT2D eigenvalue weighted by atomic mass is 9.96. The molecule has 0 saturated carbocycles. The summed E-state index contributed by atoms with van der Waals surface area (Å²) >= 11 is 0. The van der Waals surface area contributed by atoms with Crippen molar-refractivity contribution in [2.75, 3.05) is 13.7 Å². The zero-order chi connectivity index (χ0) is 15.6. The number of hydrogen-bond donors (Lipinski definition) is 0. The summed E-state index contributed by atoms with van der Waals surface area (Å²) in [6.07, 6.45) is 4.52. The van der Waals surface area contributed by atoms with Crippen molar-refractivity contribution in [2.45, 2.75) is 46.3 Å². The molecule has 1 fully saturated rings. The third kappa shape index (κ3) is 3.91. The predicted molar refractivity (Wildman–Crippen MR) is 78.3 cm³/mol. The quantitative estimate of drug-likeness (QED) is 0.856. The minimum atomic E-state index is -0.197. The van der Waals surface area contributed by atoms with Crippen LogP contribution in [0, 0.1) is 5.41 Å². The first-order valence-corrected chi connectivity index (χ1v) is 7.13. The van der Waals surface area contributed by atoms with Crippen LogP contribution in [0.1, 0.15) is 51.9 Å². The number of rotatable bonds is 3. The molecular weight excluding hydrogens is 270 g/mol. The van der Waals surface area contributed by atoms with Crippen LogP contribution in [0.2, 0.25) is 0 Å². The van der Waals surface area contributed by atoms with E-state index in [2.05, 4.69) is 31.0 Å². The van der Waals surface area contributed by atoms with Crippen LogP contribution in [-0.4, -0.2) is 40.8 Å². The lowest BCUT2D eigenvalue weighted by Crippen LogP contribution is -2.29. The number of amides is 1. The van der Waals surface area contributed by atoms with Crippen molar-refractivity contribution in [3.05, 3.63) is 17.9 Å². The van der Waals surface area contributed by atoms with E-state index >= 15 is 0 Å². The minimum Gasteiger partial charge on any atom is -0.419 e. The Morgan fingerprint density at radius 3 is 2.71 bits per heavy atom. The molecule has 1 aromatic rings. The molecule has 2 rings (SSSR count). The molecule has 2 heterocycles. The normalized spacial score (nSPS) is 23.2. The molecule has 6 heteroatoms. The number of carbonyl (C=O) groups is 1. The van der Waals surface area contributed by atoms with Gasteiger partial charge in [0, 0.05) is 27.0 Å². The Kier molecular flexibility index (Phi) is 4.46. The Balaban J connectivity index is 2.16. The summed E-state index contributed by atoms with van der Waals surface area (Å²) in [5, 5.41) is 8.11. The molecule has 1 aliphatic heterocycles. The highest BCUT2D eigenvalue weighted by Crippen LogP contribution is 2.32. The van der Waals surface area contributed by atoms with Gasteiger partial charge in [0.1, 0.15) is 6.04 Å². The van der Waals surface area contributed by atoms with Gasteiger partial charge in [0.25, 0.3) is 0 Å². The Hall–Kier alpha value is -1.69. The molecule has 6 nitrogen and oxygen atoms in total. The number of methoxy groups -OCH3 is 1. The molecule has 116 valence electrons. The van der Waals surface area contributed by atoms with Gasteiger partial charge in [-0.2, -0.15) is 0 Å². The Labute approximate surface area is 125 Å². The van der Waals surface area contributed by atoms with Gasteiger partial charge in [0.05, 0.1) is 6.10 Å². The van der Waals surface area contributed by atoms with Gasteiger partial charge in [-0.25, -0.2) is 0 Å². The molecule has 0 unspecified atom stereocenters. The highest BCUT2D eigenvalue weighted by atomic mass is 16.5. The van der Waals surface area contributed by atoms with Crippen molar-refractivity contribution >= 4 is 12.0 Å². The van der Waals surface area contributed by atoms with Crippen molar-refractivity contribution in [2.24, 2.45) is 5.41 Å². The first-order chi connectivity index (χ1) is 9.80. The van der Waals surface area contributed by atoms with Crippen molar-refractivity contribution in [1.82, 2.24) is 15.1 Å². The van der Waals surface area contributed by atoms with E-state index in [-0.39, 0.29) is 23.5 Å². The zero-order valence-electron chi connectivity index (χ0n) is 13.3. The molecule has 1 saturated heterocycles. The fourth-order valence-electron chi connectivity index (χ4n) is 2.32. The van der Waals surface area contributed by atoms with Crippen LogP contribution >= 0.6 is 0 Å². The van der Waals surface area contributed by atoms with E-state index in [4.69, 9.17) is 9.15 Å². The monoisotopic (exact) mass is 293 g/mol. The molecule has 0 radical (unpaired) electrons. The summed E-state index contributed by atoms with van der Waals surface area (Å²) in [5.41, 5.74) is 0.0502. The van der Waals surface area contributed by atoms with E-state index in [0.717, 1.165) is 0 Å². The topological polar surface area (TPSA) is 68.5 Å². The molecule has 0 aromatic carbocycles. The maximum absolute atomic E-state index is 11.7. The average Bonchev–Trinajstić information content (AvgIpc) is 3.01. The molecular formula is C15H23N3O3. The predicted octanol–water partition coefficient (Wildman–Crippen LogP) is 2.44. The first-order valence-electron chi connectivity index (χ1n) is 7.13. The smallest absolute Gasteiger partial charge is 0.240 e. The highest BCUT2D eigenvalue weighted by Gasteiger charge is 2.38. The fourth-order valence-corrected chi connectivity index (χ4v) is 2.32. The van der Waals surface area contributed by atoms with Crippen LogP contribution < -0.4 is 0 Å². The van der Waals surface area contributed by atoms with Gasteiger partial charge in [-0.05, 0) is 11.5 Å². The number of ether oxygens (including phenoxy) is 1. The van der Waals surface area contributed by atoms with Crippen molar-refractivity contribution in [3.63, 3.8) is 0 Å². The molecule has 21 heavy (non-hydrogen) atoms. The van der Waals surface area contributed by atoms with Crippen molar-refractivity contribution in [1.29, 1.82) is 0 Å². The fraction of sp³-hybridized carbons (Fsp3) is 0.667. The summed E-state index contributed by atoms with van der Waals surface area (Å²) < 4.78 is 11.0. The number of likely N-dealkylation sites (tertiary alicyclic amines) is 1. The van der Waals surface area contributed by atoms with E-state index in [1.54, 1.807) is 18.9 Å². The number of carbonyl (C=O) groups excluding carboxylic acids is 1. The number of aromatic nitrogens is 2. The second-order valence-electron chi connectivity index (χ2n) is 6.46. The second kappa shape index (κ2) is 5.97. The Morgan fingerprint density at radius 1 is 1.43 bits per heavy atom. The standard InChI is InChI=1S/C15H23N3O3/c1-10(19)18-9-11(20-5)8-12(18)14-17-16-13(21-14)6-7-15(2,3)4/h6-7,11-12H,8-9H2,1-5H3/b7-6+/t11-,12+/m0/s1. The summed E-state index contributed by atoms with van der Waals surface area (Å²) in [6.45, 7) is 8.39. The van der Waals surface area contributed by atoms with Crippen LogP contribution in [0.4, 0.5) is 0 Å². The van der Waals surface area contributed by atoms with Gasteiger partial charge in [-0.1, -0.05) is 26.8 Å². The molecule has 1 amide bonds. The average molecular weight is 293 g/mol. The lowest BCUT2D eigenvalue weighted by Gasteiger charge is -2.19. The van der Waals surface area contributed by atoms with E-state index in [0.29, 0.717) is 24.7 Å². The molecule has 0 spiro atoms. The maximum Gasteiger partial charge on any atom is 0.240 e. The highest BCUT2D eigenvalue weighted by molar-refractivity contribution is 5.74. The van der Waals surface area contributed by atoms with Gasteiger partial charge in [-0.15, -0.1) is 10.2 Å². The summed E-state index contributed by atoms with van der Waals surface area (Å²) in [5.74, 6) is 0.923. The lowest BCUT2D eigenvalue weighted by molar-refractivity contribution is -0.130. The summed E-state index contributed by atoms with van der Waals surface area (Å²) in [4.78, 5) is 13.4. The van der Waals surface area contributed by atoms with Crippen LogP contribution in [0.5, 0.6) is 0 Å². The van der Waals surface area contributed by atoms with Gasteiger partial charge in [-0.3, -0.25) is 4.79 Å². The second-order valence-corrected chi connectivity index (χ2v) is 6.46. The van der Waals surface area contributed by atoms with Crippen LogP contribution in [-0.2, 0) is 9.53 Å². The van der Waals surface area contributed by atoms with E-state index in [9.17, 15) is 4.79 Å². The number of allylic oxidation sites excluding steroid dienone is 1. The Morgan fingerprint density at radius 2 is 2.14 bits per heavy atom. The third-order valence-electron chi connectivity index (χ3n) is 3.47. The summed E-state index contributed by atoms with van der Waals surface area (Å²) in [7, 11) is 1.65. The van der Waals surface area contributed by atoms with Crippen LogP contribution in [0.15, 0.2) is 10.5 Å². The van der Waals surface area contributed by atoms with Crippen LogP contribution in [0.3, 0.4) is 0 Å². The maximum atomic E-state index is 11.7. The van der Waals surface area contributed by atoms with Crippen LogP contribution in [0.25, 0.3) is 6.08 Å². The van der Waals surface area contributed by atoms with Gasteiger partial charge < -0.3 is 14.1 Å². The summed E-state index contributed by atoms with van der Waals surface area (Å²) in [6, 6.07) is -0.197. The van der Waals surface area contributed by atoms with E-state index in [1.807, 2.05) is 12.2 Å².